The van der Waals surface area contributed by atoms with Gasteiger partial charge in [0.05, 0.1) is 32.5 Å². The lowest BCUT2D eigenvalue weighted by Gasteiger charge is -2.10. The Balaban J connectivity index is 0.876. The molecule has 0 fully saturated rings. The van der Waals surface area contributed by atoms with Gasteiger partial charge < -0.3 is 9.13 Å². The molecule has 0 aliphatic carbocycles. The summed E-state index contributed by atoms with van der Waals surface area (Å²) >= 11 is 3.67. The van der Waals surface area contributed by atoms with Crippen LogP contribution in [-0.2, 0) is 0 Å². The van der Waals surface area contributed by atoms with Crippen LogP contribution >= 0.6 is 22.7 Å². The second-order valence-electron chi connectivity index (χ2n) is 17.9. The first-order valence-corrected chi connectivity index (χ1v) is 25.1. The highest BCUT2D eigenvalue weighted by molar-refractivity contribution is 7.27. The number of thiophene rings is 2. The van der Waals surface area contributed by atoms with E-state index in [1.54, 1.807) is 0 Å². The number of nitrogens with zero attached hydrogens (tertiary/aromatic N) is 5. The summed E-state index contributed by atoms with van der Waals surface area (Å²) in [7, 11) is 0. The zero-order chi connectivity index (χ0) is 45.9. The van der Waals surface area contributed by atoms with Crippen LogP contribution in [0.4, 0.5) is 0 Å². The average Bonchev–Trinajstić information content (AvgIpc) is 4.19. The van der Waals surface area contributed by atoms with Crippen LogP contribution in [0.25, 0.3) is 141 Å². The van der Waals surface area contributed by atoms with Crippen molar-refractivity contribution in [1.82, 2.24) is 24.1 Å². The van der Waals surface area contributed by atoms with Crippen LogP contribution in [0.5, 0.6) is 0 Å². The van der Waals surface area contributed by atoms with Crippen LogP contribution < -0.4 is 0 Å². The van der Waals surface area contributed by atoms with E-state index in [1.165, 1.54) is 96.1 Å². The van der Waals surface area contributed by atoms with Crippen molar-refractivity contribution in [3.8, 4) is 56.7 Å². The lowest BCUT2D eigenvalue weighted by atomic mass is 10.0. The van der Waals surface area contributed by atoms with Crippen LogP contribution in [0, 0.1) is 0 Å². The van der Waals surface area contributed by atoms with E-state index in [-0.39, 0.29) is 0 Å². The zero-order valence-electron chi connectivity index (χ0n) is 37.4. The summed E-state index contributed by atoms with van der Waals surface area (Å²) in [5.74, 6) is 1.97. The van der Waals surface area contributed by atoms with E-state index < -0.39 is 0 Å². The molecule has 0 unspecified atom stereocenters. The van der Waals surface area contributed by atoms with Crippen LogP contribution in [0.3, 0.4) is 0 Å². The van der Waals surface area contributed by atoms with Crippen LogP contribution in [0.1, 0.15) is 0 Å². The van der Waals surface area contributed by atoms with Gasteiger partial charge in [0.1, 0.15) is 0 Å². The molecule has 0 spiro atoms. The van der Waals surface area contributed by atoms with Gasteiger partial charge in [-0.1, -0.05) is 152 Å². The van der Waals surface area contributed by atoms with Crippen molar-refractivity contribution in [2.75, 3.05) is 0 Å². The minimum absolute atomic E-state index is 0.653. The van der Waals surface area contributed by atoms with Crippen molar-refractivity contribution < 1.29 is 0 Å². The summed E-state index contributed by atoms with van der Waals surface area (Å²) < 4.78 is 9.88. The van der Waals surface area contributed by atoms with Gasteiger partial charge in [-0.25, -0.2) is 15.0 Å². The molecule has 0 bridgehead atoms. The monoisotopic (exact) mass is 927 g/mol. The molecule has 70 heavy (non-hydrogen) atoms. The standard InChI is InChI=1S/C63H37N5S2/c1-3-15-38(16-4-1)61-64-62(39-17-5-2-6-18-39)66-63(65-61)48-24-13-22-46-47-23-14-27-56(60(47)70-59(46)48)68-53-26-11-8-20-44(53)50-36-41(30-33-55(50)68)40-29-32-54-49(35-40)43-19-7-10-25-52(43)67(54)42-31-34-58-51(37-42)45-21-9-12-28-57(45)69-58/h1-37H. The molecular formula is C63H37N5S2. The maximum Gasteiger partial charge on any atom is 0.165 e. The first kappa shape index (κ1) is 39.3. The molecule has 15 aromatic rings. The van der Waals surface area contributed by atoms with E-state index in [0.717, 1.165) is 27.1 Å². The van der Waals surface area contributed by atoms with Crippen molar-refractivity contribution in [1.29, 1.82) is 0 Å². The summed E-state index contributed by atoms with van der Waals surface area (Å²) in [4.78, 5) is 15.3. The average molecular weight is 928 g/mol. The van der Waals surface area contributed by atoms with Gasteiger partial charge in [0.15, 0.2) is 17.5 Å². The predicted molar refractivity (Wildman–Crippen MR) is 296 cm³/mol. The second kappa shape index (κ2) is 15.4. The Kier molecular flexibility index (Phi) is 8.63. The highest BCUT2D eigenvalue weighted by Gasteiger charge is 2.21. The van der Waals surface area contributed by atoms with Crippen molar-refractivity contribution in [3.05, 3.63) is 224 Å². The lowest BCUT2D eigenvalue weighted by molar-refractivity contribution is 1.08. The maximum absolute atomic E-state index is 5.15. The Hall–Kier alpha value is -8.75. The van der Waals surface area contributed by atoms with E-state index in [4.69, 9.17) is 15.0 Å². The molecule has 0 saturated heterocycles. The van der Waals surface area contributed by atoms with Gasteiger partial charge in [0, 0.05) is 79.6 Å². The van der Waals surface area contributed by atoms with Gasteiger partial charge in [-0.15, -0.1) is 22.7 Å². The summed E-state index contributed by atoms with van der Waals surface area (Å²) in [6.07, 6.45) is 0. The van der Waals surface area contributed by atoms with Crippen LogP contribution in [0.15, 0.2) is 224 Å². The number of hydrogen-bond donors (Lipinski definition) is 0. The Morgan fingerprint density at radius 3 is 1.49 bits per heavy atom. The van der Waals surface area contributed by atoms with E-state index >= 15 is 0 Å². The number of hydrogen-bond acceptors (Lipinski definition) is 5. The Bertz CT molecular complexity index is 4540. The molecule has 5 heterocycles. The summed E-state index contributed by atoms with van der Waals surface area (Å²) in [5.41, 5.74) is 12.3. The summed E-state index contributed by atoms with van der Waals surface area (Å²) in [6, 6.07) is 80.9. The predicted octanol–water partition coefficient (Wildman–Crippen LogP) is 17.5. The molecule has 0 amide bonds. The number of para-hydroxylation sites is 2. The van der Waals surface area contributed by atoms with E-state index in [2.05, 4.69) is 197 Å². The Morgan fingerprint density at radius 2 is 0.800 bits per heavy atom. The third kappa shape index (κ3) is 5.99. The highest BCUT2D eigenvalue weighted by atomic mass is 32.1. The maximum atomic E-state index is 5.15. The van der Waals surface area contributed by atoms with Crippen molar-refractivity contribution in [2.45, 2.75) is 0 Å². The largest absolute Gasteiger partial charge is 0.309 e. The molecule has 7 heteroatoms. The van der Waals surface area contributed by atoms with Crippen LogP contribution in [0.2, 0.25) is 0 Å². The fourth-order valence-corrected chi connectivity index (χ4v) is 13.2. The molecule has 0 saturated carbocycles. The summed E-state index contributed by atoms with van der Waals surface area (Å²) in [5, 5.41) is 9.93. The Morgan fingerprint density at radius 1 is 0.286 bits per heavy atom. The van der Waals surface area contributed by atoms with Gasteiger partial charge >= 0.3 is 0 Å². The smallest absolute Gasteiger partial charge is 0.165 e. The number of benzene rings is 10. The van der Waals surface area contributed by atoms with Gasteiger partial charge in [-0.2, -0.15) is 0 Å². The van der Waals surface area contributed by atoms with Gasteiger partial charge in [0.25, 0.3) is 0 Å². The minimum Gasteiger partial charge on any atom is -0.309 e. The fraction of sp³-hybridized carbons (Fsp3) is 0. The normalized spacial score (nSPS) is 12.0. The van der Waals surface area contributed by atoms with Crippen molar-refractivity contribution in [3.63, 3.8) is 0 Å². The molecule has 326 valence electrons. The van der Waals surface area contributed by atoms with E-state index in [1.807, 2.05) is 59.1 Å². The molecule has 0 atom stereocenters. The molecule has 5 aromatic heterocycles. The number of fused-ring (bicyclic) bond motifs is 12. The highest BCUT2D eigenvalue weighted by Crippen LogP contribution is 2.45. The molecule has 10 aromatic carbocycles. The third-order valence-corrected chi connectivity index (χ3v) is 16.4. The molecule has 0 aliphatic heterocycles. The second-order valence-corrected chi connectivity index (χ2v) is 20.0. The zero-order valence-corrected chi connectivity index (χ0v) is 39.0. The SMILES string of the molecule is c1ccc(-c2nc(-c3ccccc3)nc(-c3cccc4c3sc3c(-n5c6ccccc6c6cc(-c7ccc8c(c7)c7ccccc7n8-c7ccc8sc9ccccc9c8c7)ccc65)cccc34)n2)cc1. The Labute approximate surface area is 409 Å². The topological polar surface area (TPSA) is 48.5 Å². The third-order valence-electron chi connectivity index (χ3n) is 14.0. The quantitative estimate of drug-likeness (QED) is 0.167. The molecule has 5 nitrogen and oxygen atoms in total. The lowest BCUT2D eigenvalue weighted by Crippen LogP contribution is -2.00. The van der Waals surface area contributed by atoms with Crippen LogP contribution in [-0.4, -0.2) is 24.1 Å². The molecule has 15 rings (SSSR count). The molecule has 0 aliphatic rings. The summed E-state index contributed by atoms with van der Waals surface area (Å²) in [6.45, 7) is 0. The van der Waals surface area contributed by atoms with Gasteiger partial charge in [-0.05, 0) is 83.9 Å². The number of rotatable bonds is 6. The molecule has 0 radical (unpaired) electrons. The first-order chi connectivity index (χ1) is 34.7. The number of aromatic nitrogens is 5. The van der Waals surface area contributed by atoms with Crippen molar-refractivity contribution in [2.24, 2.45) is 0 Å². The van der Waals surface area contributed by atoms with E-state index in [9.17, 15) is 0 Å². The molecule has 0 N–H and O–H groups in total. The minimum atomic E-state index is 0.653. The van der Waals surface area contributed by atoms with Gasteiger partial charge in [-0.3, -0.25) is 0 Å². The first-order valence-electron chi connectivity index (χ1n) is 23.5. The van der Waals surface area contributed by atoms with E-state index in [0.29, 0.717) is 17.5 Å². The van der Waals surface area contributed by atoms with Crippen molar-refractivity contribution >= 4 is 107 Å². The fourth-order valence-electron chi connectivity index (χ4n) is 10.8. The molecular weight excluding hydrogens is 891 g/mol. The van der Waals surface area contributed by atoms with Gasteiger partial charge in [0.2, 0.25) is 0 Å².